The van der Waals surface area contributed by atoms with Crippen LogP contribution in [0.15, 0.2) is 42.6 Å². The van der Waals surface area contributed by atoms with E-state index in [2.05, 4.69) is 43.1 Å². The summed E-state index contributed by atoms with van der Waals surface area (Å²) in [7, 11) is 1.41. The maximum atomic E-state index is 11.6. The first kappa shape index (κ1) is 20.8. The number of rotatable bonds is 9. The molecule has 2 aromatic carbocycles. The molecule has 1 aromatic heterocycles. The normalized spacial score (nSPS) is 11.2. The summed E-state index contributed by atoms with van der Waals surface area (Å²) < 4.78 is 11.0. The SMILES string of the molecule is CCC(CC)COc1c(N)cc(CCC(=O)OC)cc1-c1ccc2[nH]ccc2c1. The summed E-state index contributed by atoms with van der Waals surface area (Å²) in [4.78, 5) is 14.8. The zero-order chi connectivity index (χ0) is 20.8. The number of hydrogen-bond acceptors (Lipinski definition) is 4. The number of aromatic amines is 1. The number of fused-ring (bicyclic) bond motifs is 1. The van der Waals surface area contributed by atoms with Gasteiger partial charge in [0.25, 0.3) is 0 Å². The molecule has 0 saturated carbocycles. The fraction of sp³-hybridized carbons (Fsp3) is 0.375. The summed E-state index contributed by atoms with van der Waals surface area (Å²) in [5.41, 5.74) is 11.1. The Balaban J connectivity index is 1.99. The highest BCUT2D eigenvalue weighted by molar-refractivity contribution is 5.88. The number of esters is 1. The molecule has 0 bridgehead atoms. The lowest BCUT2D eigenvalue weighted by molar-refractivity contribution is -0.140. The van der Waals surface area contributed by atoms with Gasteiger partial charge in [0.15, 0.2) is 0 Å². The Hall–Kier alpha value is -2.95. The predicted octanol–water partition coefficient (Wildman–Crippen LogP) is 5.34. The van der Waals surface area contributed by atoms with Gasteiger partial charge in [0.05, 0.1) is 19.4 Å². The molecule has 5 heteroatoms. The molecular weight excluding hydrogens is 364 g/mol. The van der Waals surface area contributed by atoms with E-state index in [9.17, 15) is 4.79 Å². The monoisotopic (exact) mass is 394 g/mol. The molecule has 0 radical (unpaired) electrons. The molecule has 1 heterocycles. The van der Waals surface area contributed by atoms with Crippen molar-refractivity contribution in [1.82, 2.24) is 4.98 Å². The summed E-state index contributed by atoms with van der Waals surface area (Å²) in [5, 5.41) is 1.13. The largest absolute Gasteiger partial charge is 0.490 e. The van der Waals surface area contributed by atoms with Crippen LogP contribution < -0.4 is 10.5 Å². The lowest BCUT2D eigenvalue weighted by atomic mass is 9.97. The second-order valence-electron chi connectivity index (χ2n) is 7.41. The molecule has 3 N–H and O–H groups in total. The van der Waals surface area contributed by atoms with E-state index in [-0.39, 0.29) is 5.97 Å². The quantitative estimate of drug-likeness (QED) is 0.379. The molecule has 5 nitrogen and oxygen atoms in total. The van der Waals surface area contributed by atoms with Crippen LogP contribution in [0.4, 0.5) is 5.69 Å². The van der Waals surface area contributed by atoms with Crippen LogP contribution in [-0.4, -0.2) is 24.7 Å². The highest BCUT2D eigenvalue weighted by Gasteiger charge is 2.16. The first-order chi connectivity index (χ1) is 14.0. The minimum Gasteiger partial charge on any atom is -0.490 e. The highest BCUT2D eigenvalue weighted by Crippen LogP contribution is 2.38. The van der Waals surface area contributed by atoms with Gasteiger partial charge >= 0.3 is 5.97 Å². The lowest BCUT2D eigenvalue weighted by Gasteiger charge is -2.19. The fourth-order valence-electron chi connectivity index (χ4n) is 3.53. The van der Waals surface area contributed by atoms with Crippen LogP contribution in [0.5, 0.6) is 5.75 Å². The van der Waals surface area contributed by atoms with Crippen molar-refractivity contribution in [3.05, 3.63) is 48.2 Å². The maximum Gasteiger partial charge on any atom is 0.305 e. The molecule has 3 rings (SSSR count). The van der Waals surface area contributed by atoms with Crippen molar-refractivity contribution in [1.29, 1.82) is 0 Å². The molecule has 0 atom stereocenters. The van der Waals surface area contributed by atoms with Crippen LogP contribution in [0, 0.1) is 5.92 Å². The zero-order valence-electron chi connectivity index (χ0n) is 17.5. The van der Waals surface area contributed by atoms with Gasteiger partial charge in [-0.25, -0.2) is 0 Å². The van der Waals surface area contributed by atoms with Crippen LogP contribution in [0.1, 0.15) is 38.7 Å². The number of nitrogens with two attached hydrogens (primary N) is 1. The van der Waals surface area contributed by atoms with Gasteiger partial charge in [0, 0.05) is 23.7 Å². The Morgan fingerprint density at radius 2 is 1.93 bits per heavy atom. The average Bonchev–Trinajstić information content (AvgIpc) is 3.21. The fourth-order valence-corrected chi connectivity index (χ4v) is 3.53. The minimum atomic E-state index is -0.229. The second kappa shape index (κ2) is 9.50. The summed E-state index contributed by atoms with van der Waals surface area (Å²) in [6, 6.07) is 12.3. The molecule has 0 aliphatic carbocycles. The van der Waals surface area contributed by atoms with Crippen molar-refractivity contribution in [3.63, 3.8) is 0 Å². The van der Waals surface area contributed by atoms with E-state index >= 15 is 0 Å². The number of aromatic nitrogens is 1. The van der Waals surface area contributed by atoms with Gasteiger partial charge in [0.2, 0.25) is 0 Å². The van der Waals surface area contributed by atoms with E-state index in [4.69, 9.17) is 15.2 Å². The van der Waals surface area contributed by atoms with Crippen molar-refractivity contribution in [2.24, 2.45) is 5.92 Å². The third-order valence-corrected chi connectivity index (χ3v) is 5.51. The summed E-state index contributed by atoms with van der Waals surface area (Å²) >= 11 is 0. The van der Waals surface area contributed by atoms with Crippen LogP contribution in [0.2, 0.25) is 0 Å². The molecule has 0 unspecified atom stereocenters. The number of benzene rings is 2. The number of nitrogens with one attached hydrogen (secondary N) is 1. The third-order valence-electron chi connectivity index (χ3n) is 5.51. The number of ether oxygens (including phenoxy) is 2. The first-order valence-corrected chi connectivity index (χ1v) is 10.2. The van der Waals surface area contributed by atoms with E-state index in [1.54, 1.807) is 0 Å². The van der Waals surface area contributed by atoms with E-state index in [0.29, 0.717) is 36.8 Å². The maximum absolute atomic E-state index is 11.6. The highest BCUT2D eigenvalue weighted by atomic mass is 16.5. The van der Waals surface area contributed by atoms with Gasteiger partial charge in [0.1, 0.15) is 5.75 Å². The molecule has 29 heavy (non-hydrogen) atoms. The minimum absolute atomic E-state index is 0.229. The number of H-pyrrole nitrogens is 1. The van der Waals surface area contributed by atoms with Gasteiger partial charge in [-0.1, -0.05) is 32.8 Å². The summed E-state index contributed by atoms with van der Waals surface area (Å²) in [5.74, 6) is 0.981. The molecular formula is C24H30N2O3. The number of carbonyl (C=O) groups is 1. The van der Waals surface area contributed by atoms with Crippen molar-refractivity contribution >= 4 is 22.6 Å². The smallest absolute Gasteiger partial charge is 0.305 e. The standard InChI is InChI=1S/C24H30N2O3/c1-4-16(5-2)15-29-24-20(18-7-8-22-19(14-18)10-11-26-22)12-17(13-21(24)25)6-9-23(27)28-3/h7-8,10-14,16,26H,4-6,9,15,25H2,1-3H3. The Kier molecular flexibility index (Phi) is 6.81. The number of carbonyl (C=O) groups excluding carboxylic acids is 1. The molecule has 0 aliphatic heterocycles. The van der Waals surface area contributed by atoms with Crippen molar-refractivity contribution in [2.75, 3.05) is 19.5 Å². The predicted molar refractivity (Wildman–Crippen MR) is 118 cm³/mol. The lowest BCUT2D eigenvalue weighted by Crippen LogP contribution is -2.12. The first-order valence-electron chi connectivity index (χ1n) is 10.2. The van der Waals surface area contributed by atoms with E-state index < -0.39 is 0 Å². The van der Waals surface area contributed by atoms with E-state index in [1.165, 1.54) is 7.11 Å². The third kappa shape index (κ3) is 4.91. The molecule has 0 fully saturated rings. The van der Waals surface area contributed by atoms with Crippen LogP contribution in [-0.2, 0) is 16.0 Å². The van der Waals surface area contributed by atoms with Crippen LogP contribution >= 0.6 is 0 Å². The Bertz CT molecular complexity index is 973. The van der Waals surface area contributed by atoms with Crippen molar-refractivity contribution in [3.8, 4) is 16.9 Å². The van der Waals surface area contributed by atoms with Gasteiger partial charge in [-0.15, -0.1) is 0 Å². The molecule has 0 amide bonds. The van der Waals surface area contributed by atoms with Crippen molar-refractivity contribution < 1.29 is 14.3 Å². The molecule has 0 aliphatic rings. The number of hydrogen-bond donors (Lipinski definition) is 2. The summed E-state index contributed by atoms with van der Waals surface area (Å²) in [6.45, 7) is 4.99. The Labute approximate surface area is 172 Å². The number of aryl methyl sites for hydroxylation is 1. The van der Waals surface area contributed by atoms with Gasteiger partial charge in [-0.05, 0) is 59.2 Å². The van der Waals surface area contributed by atoms with E-state index in [1.807, 2.05) is 18.3 Å². The molecule has 3 aromatic rings. The Morgan fingerprint density at radius 3 is 2.66 bits per heavy atom. The topological polar surface area (TPSA) is 77.3 Å². The molecule has 0 spiro atoms. The number of anilines is 1. The van der Waals surface area contributed by atoms with E-state index in [0.717, 1.165) is 40.4 Å². The Morgan fingerprint density at radius 1 is 1.14 bits per heavy atom. The summed E-state index contributed by atoms with van der Waals surface area (Å²) in [6.07, 6.45) is 4.96. The van der Waals surface area contributed by atoms with Crippen LogP contribution in [0.3, 0.4) is 0 Å². The average molecular weight is 395 g/mol. The van der Waals surface area contributed by atoms with Gasteiger partial charge in [-0.3, -0.25) is 4.79 Å². The zero-order valence-corrected chi connectivity index (χ0v) is 17.5. The molecule has 0 saturated heterocycles. The number of methoxy groups -OCH3 is 1. The van der Waals surface area contributed by atoms with Gasteiger partial charge < -0.3 is 20.2 Å². The number of nitrogen functional groups attached to an aromatic ring is 1. The molecule has 154 valence electrons. The van der Waals surface area contributed by atoms with Gasteiger partial charge in [-0.2, -0.15) is 0 Å². The second-order valence-corrected chi connectivity index (χ2v) is 7.41. The van der Waals surface area contributed by atoms with Crippen LogP contribution in [0.25, 0.3) is 22.0 Å². The van der Waals surface area contributed by atoms with Crippen molar-refractivity contribution in [2.45, 2.75) is 39.5 Å².